The Balaban J connectivity index is 2.10. The number of likely N-dealkylation sites (N-methyl/N-ethyl adjacent to an activating group) is 1. The molecule has 0 unspecified atom stereocenters. The number of benzene rings is 1. The fraction of sp³-hybridized carbons (Fsp3) is 0.500. The molecule has 0 radical (unpaired) electrons. The van der Waals surface area contributed by atoms with Crippen LogP contribution < -0.4 is 0 Å². The average molecular weight is 267 g/mol. The van der Waals surface area contributed by atoms with Gasteiger partial charge in [-0.25, -0.2) is 0 Å². The fourth-order valence-electron chi connectivity index (χ4n) is 2.39. The van der Waals surface area contributed by atoms with Crippen molar-refractivity contribution in [2.24, 2.45) is 0 Å². The summed E-state index contributed by atoms with van der Waals surface area (Å²) in [6.07, 6.45) is 2.00. The number of carbonyl (C=O) groups excluding carboxylic acids is 1. The lowest BCUT2D eigenvalue weighted by molar-refractivity contribution is -0.139. The van der Waals surface area contributed by atoms with Crippen molar-refractivity contribution >= 4 is 17.5 Å². The highest BCUT2D eigenvalue weighted by atomic mass is 35.5. The van der Waals surface area contributed by atoms with E-state index in [-0.39, 0.29) is 11.9 Å². The molecule has 1 saturated heterocycles. The number of likely N-dealkylation sites (tertiary alicyclic amines) is 1. The first-order valence-corrected chi connectivity index (χ1v) is 6.66. The molecule has 1 heterocycles. The number of halogens is 1. The molecule has 4 heteroatoms. The Kier molecular flexibility index (Phi) is 4.25. The van der Waals surface area contributed by atoms with Crippen LogP contribution in [0.2, 0.25) is 5.02 Å². The average Bonchev–Trinajstić information content (AvgIpc) is 2.34. The second kappa shape index (κ2) is 5.72. The molecule has 0 bridgehead atoms. The van der Waals surface area contributed by atoms with E-state index < -0.39 is 0 Å². The largest absolute Gasteiger partial charge is 0.337 e. The van der Waals surface area contributed by atoms with Gasteiger partial charge in [0.15, 0.2) is 0 Å². The van der Waals surface area contributed by atoms with Crippen molar-refractivity contribution in [2.45, 2.75) is 25.4 Å². The van der Waals surface area contributed by atoms with Crippen LogP contribution in [0.3, 0.4) is 0 Å². The normalized spacial score (nSPS) is 20.6. The van der Waals surface area contributed by atoms with Crippen molar-refractivity contribution in [3.63, 3.8) is 0 Å². The standard InChI is InChI=1S/C14H19ClN2O/c1-16(2)13-8-5-9-17(14(13)18)10-11-6-3-4-7-12(11)15/h3-4,6-7,13H,5,8-10H2,1-2H3/t13-/m0/s1. The van der Waals surface area contributed by atoms with Crippen LogP contribution in [-0.4, -0.2) is 42.4 Å². The third kappa shape index (κ3) is 2.85. The monoisotopic (exact) mass is 266 g/mol. The molecule has 0 aromatic heterocycles. The van der Waals surface area contributed by atoms with Crippen LogP contribution in [-0.2, 0) is 11.3 Å². The van der Waals surface area contributed by atoms with Gasteiger partial charge in [0.1, 0.15) is 0 Å². The molecule has 1 fully saturated rings. The summed E-state index contributed by atoms with van der Waals surface area (Å²) in [5, 5.41) is 0.734. The molecule has 3 nitrogen and oxygen atoms in total. The van der Waals surface area contributed by atoms with Gasteiger partial charge in [0.05, 0.1) is 6.04 Å². The predicted molar refractivity (Wildman–Crippen MR) is 73.6 cm³/mol. The lowest BCUT2D eigenvalue weighted by atomic mass is 10.0. The van der Waals surface area contributed by atoms with Crippen LogP contribution in [0, 0.1) is 0 Å². The van der Waals surface area contributed by atoms with Crippen LogP contribution in [0.15, 0.2) is 24.3 Å². The highest BCUT2D eigenvalue weighted by Gasteiger charge is 2.30. The molecule has 0 spiro atoms. The zero-order chi connectivity index (χ0) is 13.1. The van der Waals surface area contributed by atoms with E-state index >= 15 is 0 Å². The number of amides is 1. The molecular formula is C14H19ClN2O. The fourth-order valence-corrected chi connectivity index (χ4v) is 2.58. The summed E-state index contributed by atoms with van der Waals surface area (Å²) in [6.45, 7) is 1.44. The van der Waals surface area contributed by atoms with Crippen LogP contribution >= 0.6 is 11.6 Å². The first-order chi connectivity index (χ1) is 8.59. The highest BCUT2D eigenvalue weighted by Crippen LogP contribution is 2.21. The van der Waals surface area contributed by atoms with E-state index in [1.165, 1.54) is 0 Å². The third-order valence-electron chi connectivity index (χ3n) is 3.44. The molecule has 1 aromatic carbocycles. The summed E-state index contributed by atoms with van der Waals surface area (Å²) in [6, 6.07) is 7.73. The highest BCUT2D eigenvalue weighted by molar-refractivity contribution is 6.31. The number of hydrogen-bond donors (Lipinski definition) is 0. The summed E-state index contributed by atoms with van der Waals surface area (Å²) in [7, 11) is 3.92. The summed E-state index contributed by atoms with van der Waals surface area (Å²) < 4.78 is 0. The van der Waals surface area contributed by atoms with E-state index in [9.17, 15) is 4.79 Å². The van der Waals surface area contributed by atoms with Gasteiger partial charge in [0, 0.05) is 18.1 Å². The lowest BCUT2D eigenvalue weighted by Crippen LogP contribution is -2.49. The first-order valence-electron chi connectivity index (χ1n) is 6.28. The zero-order valence-corrected chi connectivity index (χ0v) is 11.7. The Hall–Kier alpha value is -1.06. The van der Waals surface area contributed by atoms with Crippen molar-refractivity contribution in [3.8, 4) is 0 Å². The maximum Gasteiger partial charge on any atom is 0.240 e. The molecule has 1 aliphatic heterocycles. The van der Waals surface area contributed by atoms with E-state index in [1.807, 2.05) is 48.2 Å². The Labute approximate surface area is 113 Å². The minimum Gasteiger partial charge on any atom is -0.337 e. The van der Waals surface area contributed by atoms with Gasteiger partial charge in [-0.1, -0.05) is 29.8 Å². The van der Waals surface area contributed by atoms with Crippen molar-refractivity contribution in [1.29, 1.82) is 0 Å². The number of carbonyl (C=O) groups is 1. The molecule has 0 N–H and O–H groups in total. The Morgan fingerprint density at radius 2 is 2.11 bits per heavy atom. The molecule has 1 atom stereocenters. The summed E-state index contributed by atoms with van der Waals surface area (Å²) in [4.78, 5) is 16.2. The topological polar surface area (TPSA) is 23.6 Å². The molecule has 2 rings (SSSR count). The van der Waals surface area contributed by atoms with Crippen molar-refractivity contribution in [1.82, 2.24) is 9.80 Å². The van der Waals surface area contributed by atoms with Gasteiger partial charge >= 0.3 is 0 Å². The maximum absolute atomic E-state index is 12.3. The van der Waals surface area contributed by atoms with Gasteiger partial charge < -0.3 is 4.90 Å². The van der Waals surface area contributed by atoms with E-state index in [1.54, 1.807) is 0 Å². The van der Waals surface area contributed by atoms with Gasteiger partial charge in [0.2, 0.25) is 5.91 Å². The second-order valence-corrected chi connectivity index (χ2v) is 5.38. The smallest absolute Gasteiger partial charge is 0.240 e. The number of nitrogens with zero attached hydrogens (tertiary/aromatic N) is 2. The summed E-state index contributed by atoms with van der Waals surface area (Å²) >= 11 is 6.14. The molecule has 98 valence electrons. The molecular weight excluding hydrogens is 248 g/mol. The van der Waals surface area contributed by atoms with Crippen LogP contribution in [0.1, 0.15) is 18.4 Å². The minimum atomic E-state index is 0.0150. The number of piperidine rings is 1. The molecule has 1 aromatic rings. The molecule has 1 amide bonds. The number of rotatable bonds is 3. The van der Waals surface area contributed by atoms with E-state index in [0.29, 0.717) is 6.54 Å². The Morgan fingerprint density at radius 1 is 1.39 bits per heavy atom. The van der Waals surface area contributed by atoms with Crippen LogP contribution in [0.5, 0.6) is 0 Å². The van der Waals surface area contributed by atoms with Crippen molar-refractivity contribution in [3.05, 3.63) is 34.9 Å². The van der Waals surface area contributed by atoms with Gasteiger partial charge in [0.25, 0.3) is 0 Å². The van der Waals surface area contributed by atoms with E-state index in [4.69, 9.17) is 11.6 Å². The molecule has 18 heavy (non-hydrogen) atoms. The van der Waals surface area contributed by atoms with Crippen LogP contribution in [0.4, 0.5) is 0 Å². The Morgan fingerprint density at radius 3 is 2.78 bits per heavy atom. The number of hydrogen-bond acceptors (Lipinski definition) is 2. The van der Waals surface area contributed by atoms with Crippen LogP contribution in [0.25, 0.3) is 0 Å². The third-order valence-corrected chi connectivity index (χ3v) is 3.81. The predicted octanol–water partition coefficient (Wildman–Crippen LogP) is 2.39. The molecule has 0 aliphatic carbocycles. The Bertz CT molecular complexity index is 434. The molecule has 1 aliphatic rings. The van der Waals surface area contributed by atoms with E-state index in [0.717, 1.165) is 30.0 Å². The van der Waals surface area contributed by atoms with Gasteiger partial charge in [-0.3, -0.25) is 9.69 Å². The second-order valence-electron chi connectivity index (χ2n) is 4.97. The van der Waals surface area contributed by atoms with Gasteiger partial charge in [-0.15, -0.1) is 0 Å². The van der Waals surface area contributed by atoms with Crippen molar-refractivity contribution < 1.29 is 4.79 Å². The van der Waals surface area contributed by atoms with E-state index in [2.05, 4.69) is 0 Å². The lowest BCUT2D eigenvalue weighted by Gasteiger charge is -2.35. The summed E-state index contributed by atoms with van der Waals surface area (Å²) in [5.41, 5.74) is 1.02. The van der Waals surface area contributed by atoms with Gasteiger partial charge in [-0.2, -0.15) is 0 Å². The zero-order valence-electron chi connectivity index (χ0n) is 10.9. The first kappa shape index (κ1) is 13.4. The maximum atomic E-state index is 12.3. The summed E-state index contributed by atoms with van der Waals surface area (Å²) in [5.74, 6) is 0.214. The van der Waals surface area contributed by atoms with Gasteiger partial charge in [-0.05, 0) is 38.6 Å². The minimum absolute atomic E-state index is 0.0150. The van der Waals surface area contributed by atoms with Crippen molar-refractivity contribution in [2.75, 3.05) is 20.6 Å². The SMILES string of the molecule is CN(C)[C@H]1CCCN(Cc2ccccc2Cl)C1=O. The molecule has 0 saturated carbocycles. The quantitative estimate of drug-likeness (QED) is 0.839.